The Hall–Kier alpha value is -3.21. The fourth-order valence-corrected chi connectivity index (χ4v) is 4.08. The number of halogens is 3. The number of carbonyl (C=O) groups excluding carboxylic acids is 1. The van der Waals surface area contributed by atoms with Crippen molar-refractivity contribution < 1.29 is 22.5 Å². The summed E-state index contributed by atoms with van der Waals surface area (Å²) in [4.78, 5) is 24.2. The largest absolute Gasteiger partial charge is 0.338 e. The molecular formula is C23H27F3N6O2. The summed E-state index contributed by atoms with van der Waals surface area (Å²) in [5.74, 6) is -3.17. The van der Waals surface area contributed by atoms with Gasteiger partial charge in [-0.1, -0.05) is 25.9 Å². The van der Waals surface area contributed by atoms with Gasteiger partial charge in [0.2, 0.25) is 5.89 Å². The molecule has 8 nitrogen and oxygen atoms in total. The first-order chi connectivity index (χ1) is 16.0. The molecule has 2 aromatic heterocycles. The van der Waals surface area contributed by atoms with Crippen molar-refractivity contribution in [3.63, 3.8) is 0 Å². The van der Waals surface area contributed by atoms with Crippen LogP contribution in [-0.2, 0) is 13.1 Å². The topological polar surface area (TPSA) is 89.1 Å². The van der Waals surface area contributed by atoms with Gasteiger partial charge >= 0.3 is 0 Å². The summed E-state index contributed by atoms with van der Waals surface area (Å²) in [5.41, 5.74) is -0.0371. The summed E-state index contributed by atoms with van der Waals surface area (Å²) in [6, 6.07) is 0.642. The molecule has 3 aromatic rings. The smallest absolute Gasteiger partial charge is 0.272 e. The van der Waals surface area contributed by atoms with Crippen LogP contribution >= 0.6 is 0 Å². The Bertz CT molecular complexity index is 1230. The molecule has 0 saturated carbocycles. The maximum atomic E-state index is 14.7. The zero-order valence-electron chi connectivity index (χ0n) is 19.7. The average molecular weight is 477 g/mol. The first-order valence-corrected chi connectivity index (χ1v) is 11.0. The predicted molar refractivity (Wildman–Crippen MR) is 117 cm³/mol. The third kappa shape index (κ3) is 4.56. The van der Waals surface area contributed by atoms with Gasteiger partial charge in [-0.3, -0.25) is 4.79 Å². The van der Waals surface area contributed by atoms with E-state index < -0.39 is 34.8 Å². The molecule has 0 bridgehead atoms. The number of carbonyl (C=O) groups is 1. The van der Waals surface area contributed by atoms with Crippen molar-refractivity contribution in [1.82, 2.24) is 29.9 Å². The molecule has 182 valence electrons. The molecule has 11 heteroatoms. The van der Waals surface area contributed by atoms with Gasteiger partial charge < -0.3 is 19.3 Å². The molecule has 1 aliphatic heterocycles. The molecule has 0 radical (unpaired) electrons. The number of aromatic nitrogens is 4. The molecular weight excluding hydrogens is 449 g/mol. The van der Waals surface area contributed by atoms with E-state index in [1.54, 1.807) is 11.5 Å². The van der Waals surface area contributed by atoms with Crippen molar-refractivity contribution in [1.29, 1.82) is 0 Å². The first-order valence-electron chi connectivity index (χ1n) is 11.0. The summed E-state index contributed by atoms with van der Waals surface area (Å²) in [6.07, 6.45) is 0.713. The standard InChI is InChI=1S/C23H27F3N6O2/c1-12-27-22(34-30-12)19(23(2,3)4)29-21(33)18-17-11-31(5)7-6-8-32(17)20(28-18)13-9-15(25)16(26)10-14(13)24/h9-10,19H,6-8,11H2,1-5H3,(H,29,33)/t19-/m1/s1. The second kappa shape index (κ2) is 8.86. The van der Waals surface area contributed by atoms with Crippen molar-refractivity contribution in [2.24, 2.45) is 5.41 Å². The van der Waals surface area contributed by atoms with Crippen molar-refractivity contribution in [3.8, 4) is 11.4 Å². The number of fused-ring (bicyclic) bond motifs is 1. The second-order valence-corrected chi connectivity index (χ2v) is 9.67. The summed E-state index contributed by atoms with van der Waals surface area (Å²) >= 11 is 0. The van der Waals surface area contributed by atoms with Crippen molar-refractivity contribution in [2.45, 2.75) is 53.2 Å². The molecule has 1 amide bonds. The number of hydrogen-bond donors (Lipinski definition) is 1. The molecule has 1 aromatic carbocycles. The number of rotatable bonds is 4. The minimum Gasteiger partial charge on any atom is -0.338 e. The van der Waals surface area contributed by atoms with Gasteiger partial charge in [0.1, 0.15) is 17.7 Å². The van der Waals surface area contributed by atoms with Crippen LogP contribution in [0.5, 0.6) is 0 Å². The minimum atomic E-state index is -1.29. The molecule has 1 aliphatic rings. The van der Waals surface area contributed by atoms with Crippen LogP contribution in [-0.4, -0.2) is 44.1 Å². The molecule has 0 unspecified atom stereocenters. The van der Waals surface area contributed by atoms with E-state index in [-0.39, 0.29) is 23.0 Å². The number of benzene rings is 1. The molecule has 0 aliphatic carbocycles. The maximum absolute atomic E-state index is 14.7. The van der Waals surface area contributed by atoms with E-state index in [4.69, 9.17) is 4.52 Å². The quantitative estimate of drug-likeness (QED) is 0.573. The molecule has 1 atom stereocenters. The van der Waals surface area contributed by atoms with Gasteiger partial charge in [0.25, 0.3) is 5.91 Å². The molecule has 3 heterocycles. The van der Waals surface area contributed by atoms with Crippen molar-refractivity contribution in [2.75, 3.05) is 13.6 Å². The van der Waals surface area contributed by atoms with Crippen LogP contribution in [0.4, 0.5) is 13.2 Å². The van der Waals surface area contributed by atoms with Crippen LogP contribution in [0.1, 0.15) is 61.1 Å². The van der Waals surface area contributed by atoms with Gasteiger partial charge in [-0.25, -0.2) is 18.2 Å². The van der Waals surface area contributed by atoms with E-state index in [2.05, 4.69) is 20.4 Å². The fourth-order valence-electron chi connectivity index (χ4n) is 4.08. The van der Waals surface area contributed by atoms with Gasteiger partial charge in [-0.15, -0.1) is 0 Å². The highest BCUT2D eigenvalue weighted by atomic mass is 19.2. The third-order valence-corrected chi connectivity index (χ3v) is 5.81. The Kier molecular flexibility index (Phi) is 6.24. The zero-order chi connectivity index (χ0) is 24.8. The monoisotopic (exact) mass is 476 g/mol. The highest BCUT2D eigenvalue weighted by Crippen LogP contribution is 2.33. The Morgan fingerprint density at radius 2 is 1.82 bits per heavy atom. The summed E-state index contributed by atoms with van der Waals surface area (Å²) in [6.45, 7) is 9.00. The number of amides is 1. The summed E-state index contributed by atoms with van der Waals surface area (Å²) in [5, 5.41) is 6.75. The van der Waals surface area contributed by atoms with E-state index in [0.717, 1.165) is 12.6 Å². The molecule has 0 saturated heterocycles. The Labute approximate surface area is 195 Å². The normalized spacial score (nSPS) is 15.6. The van der Waals surface area contributed by atoms with Gasteiger partial charge in [-0.05, 0) is 38.4 Å². The van der Waals surface area contributed by atoms with Crippen LogP contribution in [0.15, 0.2) is 16.7 Å². The van der Waals surface area contributed by atoms with Crippen LogP contribution in [0.3, 0.4) is 0 Å². The predicted octanol–water partition coefficient (Wildman–Crippen LogP) is 4.01. The SMILES string of the molecule is Cc1noc([C@@H](NC(=O)c2nc(-c3cc(F)c(F)cc3F)n3c2CN(C)CCC3)C(C)(C)C)n1. The summed E-state index contributed by atoms with van der Waals surface area (Å²) in [7, 11) is 1.90. The van der Waals surface area contributed by atoms with E-state index in [1.807, 2.05) is 32.7 Å². The van der Waals surface area contributed by atoms with Gasteiger partial charge in [0.05, 0.1) is 11.3 Å². The first kappa shape index (κ1) is 23.9. The average Bonchev–Trinajstić information content (AvgIpc) is 3.26. The molecule has 0 fully saturated rings. The number of aryl methyl sites for hydroxylation is 1. The van der Waals surface area contributed by atoms with Gasteiger partial charge in [-0.2, -0.15) is 4.98 Å². The van der Waals surface area contributed by atoms with Crippen LogP contribution in [0.2, 0.25) is 0 Å². The van der Waals surface area contributed by atoms with Crippen molar-refractivity contribution >= 4 is 5.91 Å². The summed E-state index contributed by atoms with van der Waals surface area (Å²) < 4.78 is 49.2. The lowest BCUT2D eigenvalue weighted by Gasteiger charge is -2.28. The van der Waals surface area contributed by atoms with E-state index in [1.165, 1.54) is 0 Å². The van der Waals surface area contributed by atoms with Crippen LogP contribution in [0, 0.1) is 29.8 Å². The third-order valence-electron chi connectivity index (χ3n) is 5.81. The number of imidazole rings is 1. The van der Waals surface area contributed by atoms with Gasteiger partial charge in [0.15, 0.2) is 23.2 Å². The van der Waals surface area contributed by atoms with E-state index >= 15 is 0 Å². The second-order valence-electron chi connectivity index (χ2n) is 9.67. The molecule has 4 rings (SSSR count). The molecule has 1 N–H and O–H groups in total. The van der Waals surface area contributed by atoms with Crippen molar-refractivity contribution in [3.05, 3.63) is 52.7 Å². The fraction of sp³-hybridized carbons (Fsp3) is 0.478. The van der Waals surface area contributed by atoms with E-state index in [9.17, 15) is 18.0 Å². The Morgan fingerprint density at radius 1 is 1.12 bits per heavy atom. The molecule has 0 spiro atoms. The zero-order valence-corrected chi connectivity index (χ0v) is 19.7. The number of hydrogen-bond acceptors (Lipinski definition) is 6. The van der Waals surface area contributed by atoms with Crippen LogP contribution < -0.4 is 5.32 Å². The van der Waals surface area contributed by atoms with Gasteiger partial charge in [0, 0.05) is 19.2 Å². The van der Waals surface area contributed by atoms with Crippen LogP contribution in [0.25, 0.3) is 11.4 Å². The highest BCUT2D eigenvalue weighted by Gasteiger charge is 2.35. The number of nitrogens with zero attached hydrogens (tertiary/aromatic N) is 5. The van der Waals surface area contributed by atoms with E-state index in [0.29, 0.717) is 37.1 Å². The molecule has 34 heavy (non-hydrogen) atoms. The lowest BCUT2D eigenvalue weighted by atomic mass is 9.86. The number of nitrogens with one attached hydrogen (secondary N) is 1. The lowest BCUT2D eigenvalue weighted by molar-refractivity contribution is 0.0874. The minimum absolute atomic E-state index is 0.0767. The Morgan fingerprint density at radius 3 is 2.47 bits per heavy atom. The highest BCUT2D eigenvalue weighted by molar-refractivity contribution is 5.94. The Balaban J connectivity index is 1.80. The maximum Gasteiger partial charge on any atom is 0.272 e. The lowest BCUT2D eigenvalue weighted by Crippen LogP contribution is -2.37.